The van der Waals surface area contributed by atoms with Gasteiger partial charge in [0.1, 0.15) is 0 Å². The Labute approximate surface area is 199 Å². The standard InChI is InChI=1S/C31H49N/c1-3-5-7-8-10-12-26-13-17-28(18-14-26)29-21-23-31(25-32,24-22-29)30-19-15-27(16-20-30)11-9-6-4-2/h15-16,19-20,26,28-29H,3-14,17-18,21-24H2,1-2H3/t26?,28?,29-,31-. The Morgan fingerprint density at radius 3 is 1.97 bits per heavy atom. The van der Waals surface area contributed by atoms with Crippen molar-refractivity contribution in [3.05, 3.63) is 35.4 Å². The van der Waals surface area contributed by atoms with Crippen molar-refractivity contribution >= 4 is 0 Å². The molecule has 32 heavy (non-hydrogen) atoms. The summed E-state index contributed by atoms with van der Waals surface area (Å²) in [6, 6.07) is 11.9. The Balaban J connectivity index is 1.43. The van der Waals surface area contributed by atoms with Gasteiger partial charge < -0.3 is 0 Å². The topological polar surface area (TPSA) is 23.8 Å². The third-order valence-corrected chi connectivity index (χ3v) is 8.95. The lowest BCUT2D eigenvalue weighted by Gasteiger charge is -2.41. The Kier molecular flexibility index (Phi) is 10.6. The molecule has 1 heteroatoms. The molecule has 1 aromatic carbocycles. The third kappa shape index (κ3) is 7.10. The largest absolute Gasteiger partial charge is 0.197 e. The monoisotopic (exact) mass is 435 g/mol. The molecule has 1 aromatic rings. The van der Waals surface area contributed by atoms with Gasteiger partial charge in [0.25, 0.3) is 0 Å². The zero-order valence-corrected chi connectivity index (χ0v) is 21.2. The summed E-state index contributed by atoms with van der Waals surface area (Å²) in [6.45, 7) is 4.57. The minimum atomic E-state index is -0.228. The molecule has 2 aliphatic rings. The Bertz CT molecular complexity index is 665. The van der Waals surface area contributed by atoms with Gasteiger partial charge in [0.15, 0.2) is 0 Å². The number of hydrogen-bond donors (Lipinski definition) is 0. The molecule has 1 nitrogen and oxygen atoms in total. The molecule has 0 spiro atoms. The normalized spacial score (nSPS) is 28.3. The molecular formula is C31H49N. The van der Waals surface area contributed by atoms with Crippen LogP contribution in [-0.4, -0.2) is 0 Å². The summed E-state index contributed by atoms with van der Waals surface area (Å²) in [4.78, 5) is 0. The van der Waals surface area contributed by atoms with Crippen LogP contribution >= 0.6 is 0 Å². The van der Waals surface area contributed by atoms with Crippen molar-refractivity contribution in [3.8, 4) is 6.07 Å². The van der Waals surface area contributed by atoms with Crippen LogP contribution in [0.3, 0.4) is 0 Å². The number of aryl methyl sites for hydroxylation is 1. The van der Waals surface area contributed by atoms with Gasteiger partial charge in [-0.25, -0.2) is 0 Å². The van der Waals surface area contributed by atoms with Crippen molar-refractivity contribution in [3.63, 3.8) is 0 Å². The van der Waals surface area contributed by atoms with Gasteiger partial charge in [-0.05, 0) is 80.2 Å². The van der Waals surface area contributed by atoms with Gasteiger partial charge in [0.05, 0.1) is 11.5 Å². The number of nitrogens with zero attached hydrogens (tertiary/aromatic N) is 1. The molecule has 0 aliphatic heterocycles. The average Bonchev–Trinajstić information content (AvgIpc) is 2.85. The number of benzene rings is 1. The van der Waals surface area contributed by atoms with Crippen molar-refractivity contribution in [1.29, 1.82) is 5.26 Å². The van der Waals surface area contributed by atoms with Crippen molar-refractivity contribution in [1.82, 2.24) is 0 Å². The van der Waals surface area contributed by atoms with E-state index in [2.05, 4.69) is 44.2 Å². The van der Waals surface area contributed by atoms with Crippen LogP contribution in [0.1, 0.15) is 134 Å². The molecule has 0 radical (unpaired) electrons. The van der Waals surface area contributed by atoms with E-state index < -0.39 is 0 Å². The van der Waals surface area contributed by atoms with E-state index in [1.165, 1.54) is 114 Å². The van der Waals surface area contributed by atoms with Gasteiger partial charge in [-0.1, -0.05) is 102 Å². The Morgan fingerprint density at radius 1 is 0.750 bits per heavy atom. The van der Waals surface area contributed by atoms with E-state index >= 15 is 0 Å². The van der Waals surface area contributed by atoms with Crippen molar-refractivity contribution in [2.75, 3.05) is 0 Å². The molecule has 0 heterocycles. The third-order valence-electron chi connectivity index (χ3n) is 8.95. The lowest BCUT2D eigenvalue weighted by molar-refractivity contribution is 0.143. The van der Waals surface area contributed by atoms with E-state index in [1.54, 1.807) is 0 Å². The second kappa shape index (κ2) is 13.4. The van der Waals surface area contributed by atoms with Crippen LogP contribution in [0.5, 0.6) is 0 Å². The minimum Gasteiger partial charge on any atom is -0.197 e. The Hall–Kier alpha value is -1.29. The minimum absolute atomic E-state index is 0.228. The summed E-state index contributed by atoms with van der Waals surface area (Å²) in [6.07, 6.45) is 24.2. The average molecular weight is 436 g/mol. The zero-order valence-electron chi connectivity index (χ0n) is 21.2. The predicted octanol–water partition coefficient (Wildman–Crippen LogP) is 9.54. The fraction of sp³-hybridized carbons (Fsp3) is 0.774. The molecule has 0 saturated heterocycles. The van der Waals surface area contributed by atoms with Crippen LogP contribution in [0.4, 0.5) is 0 Å². The quantitative estimate of drug-likeness (QED) is 0.300. The van der Waals surface area contributed by atoms with E-state index in [0.717, 1.165) is 30.6 Å². The smallest absolute Gasteiger partial charge is 0.0822 e. The summed E-state index contributed by atoms with van der Waals surface area (Å²) >= 11 is 0. The molecule has 0 atom stereocenters. The highest BCUT2D eigenvalue weighted by molar-refractivity contribution is 5.35. The molecule has 0 N–H and O–H groups in total. The highest BCUT2D eigenvalue weighted by Crippen LogP contribution is 2.47. The van der Waals surface area contributed by atoms with Crippen molar-refractivity contribution in [2.45, 2.75) is 135 Å². The number of nitriles is 1. The molecule has 2 fully saturated rings. The van der Waals surface area contributed by atoms with Gasteiger partial charge >= 0.3 is 0 Å². The highest BCUT2D eigenvalue weighted by atomic mass is 14.5. The maximum Gasteiger partial charge on any atom is 0.0822 e. The van der Waals surface area contributed by atoms with E-state index in [-0.39, 0.29) is 5.41 Å². The second-order valence-corrected chi connectivity index (χ2v) is 11.2. The second-order valence-electron chi connectivity index (χ2n) is 11.2. The highest BCUT2D eigenvalue weighted by Gasteiger charge is 2.39. The molecule has 0 unspecified atom stereocenters. The Morgan fingerprint density at radius 2 is 1.34 bits per heavy atom. The summed E-state index contributed by atoms with van der Waals surface area (Å²) < 4.78 is 0. The number of unbranched alkanes of at least 4 members (excludes halogenated alkanes) is 6. The zero-order chi connectivity index (χ0) is 22.7. The molecule has 2 aliphatic carbocycles. The fourth-order valence-electron chi connectivity index (χ4n) is 6.62. The van der Waals surface area contributed by atoms with Crippen molar-refractivity contribution in [2.24, 2.45) is 17.8 Å². The molecule has 178 valence electrons. The van der Waals surface area contributed by atoms with E-state index in [1.807, 2.05) is 0 Å². The van der Waals surface area contributed by atoms with Gasteiger partial charge in [-0.2, -0.15) is 5.26 Å². The maximum absolute atomic E-state index is 10.2. The molecular weight excluding hydrogens is 386 g/mol. The number of rotatable bonds is 12. The van der Waals surface area contributed by atoms with Crippen LogP contribution in [0.15, 0.2) is 24.3 Å². The SMILES string of the molecule is CCCCCCCC1CCC([C@H]2CC[C@](C#N)(c3ccc(CCCCC)cc3)CC2)CC1. The summed E-state index contributed by atoms with van der Waals surface area (Å²) in [5, 5.41) is 10.2. The fourth-order valence-corrected chi connectivity index (χ4v) is 6.62. The molecule has 0 amide bonds. The maximum atomic E-state index is 10.2. The number of hydrogen-bond acceptors (Lipinski definition) is 1. The first kappa shape index (κ1) is 25.3. The van der Waals surface area contributed by atoms with Crippen LogP contribution < -0.4 is 0 Å². The first-order valence-electron chi connectivity index (χ1n) is 14.2. The van der Waals surface area contributed by atoms with E-state index in [9.17, 15) is 5.26 Å². The summed E-state index contributed by atoms with van der Waals surface area (Å²) in [5.74, 6) is 2.81. The van der Waals surface area contributed by atoms with Gasteiger partial charge in [-0.15, -0.1) is 0 Å². The van der Waals surface area contributed by atoms with Crippen LogP contribution in [-0.2, 0) is 11.8 Å². The van der Waals surface area contributed by atoms with Crippen LogP contribution in [0, 0.1) is 29.1 Å². The predicted molar refractivity (Wildman–Crippen MR) is 138 cm³/mol. The van der Waals surface area contributed by atoms with Crippen molar-refractivity contribution < 1.29 is 0 Å². The van der Waals surface area contributed by atoms with Gasteiger partial charge in [0.2, 0.25) is 0 Å². The lowest BCUT2D eigenvalue weighted by Crippen LogP contribution is -2.33. The first-order chi connectivity index (χ1) is 15.7. The molecule has 3 rings (SSSR count). The molecule has 0 aromatic heterocycles. The molecule has 0 bridgehead atoms. The van der Waals surface area contributed by atoms with Crippen LogP contribution in [0.2, 0.25) is 0 Å². The van der Waals surface area contributed by atoms with Gasteiger partial charge in [0, 0.05) is 0 Å². The van der Waals surface area contributed by atoms with E-state index in [0.29, 0.717) is 0 Å². The summed E-state index contributed by atoms with van der Waals surface area (Å²) in [7, 11) is 0. The summed E-state index contributed by atoms with van der Waals surface area (Å²) in [5.41, 5.74) is 2.49. The van der Waals surface area contributed by atoms with Gasteiger partial charge in [-0.3, -0.25) is 0 Å². The lowest BCUT2D eigenvalue weighted by atomic mass is 9.62. The molecule has 2 saturated carbocycles. The van der Waals surface area contributed by atoms with Crippen LogP contribution in [0.25, 0.3) is 0 Å². The first-order valence-corrected chi connectivity index (χ1v) is 14.2. The van der Waals surface area contributed by atoms with E-state index in [4.69, 9.17) is 0 Å².